The highest BCUT2D eigenvalue weighted by atomic mass is 35.5. The van der Waals surface area contributed by atoms with Crippen molar-refractivity contribution in [3.05, 3.63) is 58.0 Å². The first-order valence-electron chi connectivity index (χ1n) is 11.2. The molecule has 9 nitrogen and oxygen atoms in total. The molecular weight excluding hydrogens is 506 g/mol. The largest absolute Gasteiger partial charge is 0.490 e. The van der Waals surface area contributed by atoms with Gasteiger partial charge in [0.25, 0.3) is 0 Å². The number of thioether (sulfide) groups is 1. The second-order valence-electron chi connectivity index (χ2n) is 7.21. The number of aliphatic carboxylic acids is 1. The Morgan fingerprint density at radius 3 is 2.42 bits per heavy atom. The van der Waals surface area contributed by atoms with Crippen LogP contribution in [0.25, 0.3) is 17.5 Å². The van der Waals surface area contributed by atoms with Gasteiger partial charge in [0.2, 0.25) is 0 Å². The molecule has 0 unspecified atom stereocenters. The summed E-state index contributed by atoms with van der Waals surface area (Å²) in [6.45, 7) is 6.35. The quantitative estimate of drug-likeness (QED) is 0.192. The molecule has 3 aromatic rings. The van der Waals surface area contributed by atoms with Crippen molar-refractivity contribution in [2.75, 3.05) is 19.8 Å². The van der Waals surface area contributed by atoms with E-state index in [0.29, 0.717) is 46.2 Å². The number of carboxylic acid groups (broad SMARTS) is 1. The summed E-state index contributed by atoms with van der Waals surface area (Å²) in [7, 11) is 0. The van der Waals surface area contributed by atoms with Crippen LogP contribution in [0, 0.1) is 0 Å². The van der Waals surface area contributed by atoms with Crippen molar-refractivity contribution in [1.82, 2.24) is 14.8 Å². The molecule has 0 spiro atoms. The van der Waals surface area contributed by atoms with Crippen molar-refractivity contribution >= 4 is 41.4 Å². The van der Waals surface area contributed by atoms with Gasteiger partial charge in [0.15, 0.2) is 29.1 Å². The van der Waals surface area contributed by atoms with Crippen LogP contribution in [0.4, 0.5) is 0 Å². The third-order valence-corrected chi connectivity index (χ3v) is 6.01. The predicted octanol–water partition coefficient (Wildman–Crippen LogP) is 5.18. The van der Waals surface area contributed by atoms with Crippen LogP contribution in [0.1, 0.15) is 26.3 Å². The van der Waals surface area contributed by atoms with Gasteiger partial charge in [-0.25, -0.2) is 9.59 Å². The summed E-state index contributed by atoms with van der Waals surface area (Å²) in [6.07, 6.45) is 1.52. The minimum atomic E-state index is -1.11. The minimum Gasteiger partial charge on any atom is -0.490 e. The molecule has 0 aliphatic carbocycles. The molecule has 0 aliphatic rings. The number of carbonyl (C=O) groups excluding carboxylic acids is 1. The lowest BCUT2D eigenvalue weighted by Crippen LogP contribution is -2.15. The molecule has 0 saturated carbocycles. The molecule has 1 heterocycles. The van der Waals surface area contributed by atoms with Gasteiger partial charge in [-0.1, -0.05) is 17.7 Å². The summed E-state index contributed by atoms with van der Waals surface area (Å²) in [6, 6.07) is 12.1. The van der Waals surface area contributed by atoms with E-state index in [-0.39, 0.29) is 18.1 Å². The average Bonchev–Trinajstić information content (AvgIpc) is 3.26. The first-order chi connectivity index (χ1) is 17.4. The summed E-state index contributed by atoms with van der Waals surface area (Å²) in [5, 5.41) is 19.4. The van der Waals surface area contributed by atoms with Crippen molar-refractivity contribution in [2.24, 2.45) is 0 Å². The van der Waals surface area contributed by atoms with Crippen LogP contribution < -0.4 is 9.47 Å². The molecular formula is C25H26ClN3O6S. The molecule has 0 aliphatic heterocycles. The summed E-state index contributed by atoms with van der Waals surface area (Å²) in [5.41, 5.74) is 1.40. The molecule has 0 saturated heterocycles. The molecule has 0 bridgehead atoms. The Balaban J connectivity index is 1.87. The van der Waals surface area contributed by atoms with Crippen LogP contribution in [-0.4, -0.2) is 51.6 Å². The third kappa shape index (κ3) is 7.02. The number of hydrogen-bond donors (Lipinski definition) is 1. The fourth-order valence-corrected chi connectivity index (χ4v) is 4.20. The Morgan fingerprint density at radius 1 is 1.03 bits per heavy atom. The van der Waals surface area contributed by atoms with Crippen LogP contribution in [0.3, 0.4) is 0 Å². The van der Waals surface area contributed by atoms with E-state index in [1.54, 1.807) is 37.3 Å². The summed E-state index contributed by atoms with van der Waals surface area (Å²) < 4.78 is 17.9. The maximum absolute atomic E-state index is 12.1. The molecule has 0 atom stereocenters. The minimum absolute atomic E-state index is 0.0439. The van der Waals surface area contributed by atoms with Crippen molar-refractivity contribution in [1.29, 1.82) is 0 Å². The van der Waals surface area contributed by atoms with Crippen LogP contribution in [0.5, 0.6) is 11.5 Å². The van der Waals surface area contributed by atoms with Gasteiger partial charge in [-0.3, -0.25) is 0 Å². The van der Waals surface area contributed by atoms with E-state index < -0.39 is 11.9 Å². The molecule has 2 aromatic carbocycles. The van der Waals surface area contributed by atoms with Gasteiger partial charge in [-0.2, -0.15) is 0 Å². The summed E-state index contributed by atoms with van der Waals surface area (Å²) in [4.78, 5) is 23.7. The Labute approximate surface area is 218 Å². The number of benzene rings is 2. The molecule has 11 heteroatoms. The molecule has 190 valence electrons. The monoisotopic (exact) mass is 531 g/mol. The first kappa shape index (κ1) is 27.1. The van der Waals surface area contributed by atoms with Gasteiger partial charge in [0.05, 0.1) is 13.2 Å². The number of hydrogen-bond acceptors (Lipinski definition) is 8. The van der Waals surface area contributed by atoms with E-state index in [1.807, 2.05) is 30.5 Å². The van der Waals surface area contributed by atoms with Crippen LogP contribution >= 0.6 is 23.4 Å². The normalized spacial score (nSPS) is 11.3. The zero-order valence-corrected chi connectivity index (χ0v) is 21.6. The van der Waals surface area contributed by atoms with Gasteiger partial charge >= 0.3 is 11.9 Å². The third-order valence-electron chi connectivity index (χ3n) is 4.76. The lowest BCUT2D eigenvalue weighted by Gasteiger charge is -2.12. The number of carboxylic acids is 1. The smallest absolute Gasteiger partial charge is 0.344 e. The molecule has 0 amide bonds. The number of carbonyl (C=O) groups is 2. The fraction of sp³-hybridized carbons (Fsp3) is 0.280. The average molecular weight is 532 g/mol. The Kier molecular flexibility index (Phi) is 9.77. The van der Waals surface area contributed by atoms with Gasteiger partial charge < -0.3 is 23.9 Å². The molecule has 1 aromatic heterocycles. The zero-order chi connectivity index (χ0) is 26.1. The first-order valence-corrected chi connectivity index (χ1v) is 12.4. The maximum Gasteiger partial charge on any atom is 0.344 e. The topological polar surface area (TPSA) is 113 Å². The van der Waals surface area contributed by atoms with Gasteiger partial charge in [-0.05, 0) is 80.6 Å². The SMILES string of the molecule is CCOC(=O)COc1ccc(/C=C(\Sc2nnc(-c3ccc(Cl)cc3)n2CC)C(=O)O)cc1OCC. The van der Waals surface area contributed by atoms with Gasteiger partial charge in [0, 0.05) is 17.1 Å². The van der Waals surface area contributed by atoms with Crippen LogP contribution in [0.15, 0.2) is 52.5 Å². The second kappa shape index (κ2) is 13.0. The van der Waals surface area contributed by atoms with Crippen molar-refractivity contribution in [3.63, 3.8) is 0 Å². The number of esters is 1. The standard InChI is InChI=1S/C25H26ClN3O6S/c1-4-29-23(17-8-10-18(26)11-9-17)27-28-25(29)36-21(24(31)32)14-16-7-12-19(20(13-16)33-5-2)35-15-22(30)34-6-3/h7-14H,4-6,15H2,1-3H3,(H,31,32)/b21-14-. The number of nitrogens with zero attached hydrogens (tertiary/aromatic N) is 3. The lowest BCUT2D eigenvalue weighted by molar-refractivity contribution is -0.145. The second-order valence-corrected chi connectivity index (χ2v) is 8.65. The number of aromatic nitrogens is 3. The summed E-state index contributed by atoms with van der Waals surface area (Å²) in [5.74, 6) is -0.258. The Bertz CT molecular complexity index is 1240. The Hall–Kier alpha value is -3.50. The highest BCUT2D eigenvalue weighted by Crippen LogP contribution is 2.33. The van der Waals surface area contributed by atoms with E-state index in [9.17, 15) is 14.7 Å². The fourth-order valence-electron chi connectivity index (χ4n) is 3.19. The molecule has 3 rings (SSSR count). The Morgan fingerprint density at radius 2 is 1.78 bits per heavy atom. The van der Waals surface area contributed by atoms with Crippen LogP contribution in [0.2, 0.25) is 5.02 Å². The number of halogens is 1. The van der Waals surface area contributed by atoms with E-state index in [4.69, 9.17) is 25.8 Å². The van der Waals surface area contributed by atoms with Crippen molar-refractivity contribution in [2.45, 2.75) is 32.5 Å². The molecule has 0 radical (unpaired) electrons. The van der Waals surface area contributed by atoms with E-state index in [0.717, 1.165) is 17.3 Å². The van der Waals surface area contributed by atoms with Crippen molar-refractivity contribution < 1.29 is 28.9 Å². The van der Waals surface area contributed by atoms with E-state index in [1.165, 1.54) is 6.08 Å². The van der Waals surface area contributed by atoms with E-state index >= 15 is 0 Å². The molecule has 1 N–H and O–H groups in total. The zero-order valence-electron chi connectivity index (χ0n) is 20.1. The summed E-state index contributed by atoms with van der Waals surface area (Å²) >= 11 is 6.98. The van der Waals surface area contributed by atoms with Crippen molar-refractivity contribution in [3.8, 4) is 22.9 Å². The molecule has 0 fully saturated rings. The number of ether oxygens (including phenoxy) is 3. The van der Waals surface area contributed by atoms with Crippen LogP contribution in [-0.2, 0) is 20.9 Å². The maximum atomic E-state index is 12.1. The molecule has 36 heavy (non-hydrogen) atoms. The highest BCUT2D eigenvalue weighted by Gasteiger charge is 2.19. The van der Waals surface area contributed by atoms with Gasteiger partial charge in [-0.15, -0.1) is 10.2 Å². The highest BCUT2D eigenvalue weighted by molar-refractivity contribution is 8.04. The predicted molar refractivity (Wildman–Crippen MR) is 137 cm³/mol. The lowest BCUT2D eigenvalue weighted by atomic mass is 10.2. The van der Waals surface area contributed by atoms with E-state index in [2.05, 4.69) is 10.2 Å². The van der Waals surface area contributed by atoms with Gasteiger partial charge in [0.1, 0.15) is 4.91 Å². The number of rotatable bonds is 12.